The Morgan fingerprint density at radius 1 is 1.56 bits per heavy atom. The van der Waals surface area contributed by atoms with Crippen molar-refractivity contribution in [3.05, 3.63) is 32.7 Å². The van der Waals surface area contributed by atoms with E-state index in [0.717, 1.165) is 24.4 Å². The second-order valence-electron chi connectivity index (χ2n) is 4.48. The van der Waals surface area contributed by atoms with E-state index >= 15 is 0 Å². The van der Waals surface area contributed by atoms with E-state index in [9.17, 15) is 10.1 Å². The van der Waals surface area contributed by atoms with Crippen molar-refractivity contribution < 1.29 is 4.92 Å². The van der Waals surface area contributed by atoms with E-state index in [0.29, 0.717) is 5.92 Å². The molecule has 0 saturated heterocycles. The monoisotopic (exact) mass is 268 g/mol. The molecule has 0 amide bonds. The van der Waals surface area contributed by atoms with Crippen molar-refractivity contribution in [3.8, 4) is 0 Å². The van der Waals surface area contributed by atoms with Crippen LogP contribution in [0.3, 0.4) is 0 Å². The number of thiophene rings is 1. The van der Waals surface area contributed by atoms with Crippen LogP contribution in [0, 0.1) is 16.0 Å². The molecule has 0 unspecified atom stereocenters. The first-order valence-electron chi connectivity index (χ1n) is 6.20. The summed E-state index contributed by atoms with van der Waals surface area (Å²) in [5, 5.41) is 14.2. The fourth-order valence-electron chi connectivity index (χ4n) is 1.53. The summed E-state index contributed by atoms with van der Waals surface area (Å²) in [6.07, 6.45) is 3.17. The lowest BCUT2D eigenvalue weighted by Crippen LogP contribution is -2.19. The zero-order valence-electron chi connectivity index (χ0n) is 11.1. The fourth-order valence-corrected chi connectivity index (χ4v) is 2.33. The van der Waals surface area contributed by atoms with Gasteiger partial charge in [0.25, 0.3) is 0 Å². The number of nitrogens with one attached hydrogen (secondary N) is 1. The van der Waals surface area contributed by atoms with E-state index in [1.54, 1.807) is 6.07 Å². The van der Waals surface area contributed by atoms with Gasteiger partial charge in [-0.05, 0) is 31.0 Å². The second kappa shape index (κ2) is 7.28. The highest BCUT2D eigenvalue weighted by atomic mass is 32.1. The van der Waals surface area contributed by atoms with E-state index in [4.69, 9.17) is 0 Å². The Labute approximate surface area is 112 Å². The van der Waals surface area contributed by atoms with Crippen molar-refractivity contribution in [2.75, 3.05) is 13.1 Å². The summed E-state index contributed by atoms with van der Waals surface area (Å²) < 4.78 is 0. The Morgan fingerprint density at radius 3 is 2.78 bits per heavy atom. The third-order valence-electron chi connectivity index (χ3n) is 2.62. The van der Waals surface area contributed by atoms with E-state index in [-0.39, 0.29) is 9.92 Å². The molecule has 1 rings (SSSR count). The Hall–Kier alpha value is -1.20. The largest absolute Gasteiger partial charge is 0.324 e. The molecule has 0 atom stereocenters. The first-order valence-corrected chi connectivity index (χ1v) is 7.01. The number of hydrogen-bond donors (Lipinski definition) is 1. The molecule has 5 heteroatoms. The molecular weight excluding hydrogens is 248 g/mol. The van der Waals surface area contributed by atoms with Crippen LogP contribution in [0.25, 0.3) is 6.08 Å². The Kier molecular flexibility index (Phi) is 6.01. The minimum Gasteiger partial charge on any atom is -0.313 e. The van der Waals surface area contributed by atoms with Crippen LogP contribution in [0.15, 0.2) is 17.7 Å². The first-order chi connectivity index (χ1) is 8.54. The molecule has 0 aliphatic rings. The van der Waals surface area contributed by atoms with Crippen molar-refractivity contribution in [3.63, 3.8) is 0 Å². The molecule has 0 radical (unpaired) electrons. The first kappa shape index (κ1) is 14.9. The zero-order chi connectivity index (χ0) is 13.5. The Bertz CT molecular complexity index is 424. The standard InChI is InChI=1S/C13H20N2O2S/c1-4-7-14-9-11(10(2)3)8-12-5-6-13(18-12)15(16)17/h5-6,8,10,14H,4,7,9H2,1-3H3/b11-8-. The molecule has 0 aliphatic heterocycles. The minimum atomic E-state index is -0.341. The van der Waals surface area contributed by atoms with E-state index < -0.39 is 0 Å². The molecule has 1 heterocycles. The normalized spacial score (nSPS) is 12.1. The molecule has 0 fully saturated rings. The van der Waals surface area contributed by atoms with Crippen LogP contribution >= 0.6 is 11.3 Å². The van der Waals surface area contributed by atoms with Crippen LogP contribution < -0.4 is 5.32 Å². The van der Waals surface area contributed by atoms with Crippen molar-refractivity contribution >= 4 is 22.4 Å². The van der Waals surface area contributed by atoms with Crippen LogP contribution in [-0.2, 0) is 0 Å². The van der Waals surface area contributed by atoms with Crippen molar-refractivity contribution in [1.29, 1.82) is 0 Å². The maximum Gasteiger partial charge on any atom is 0.324 e. The molecule has 1 aromatic heterocycles. The summed E-state index contributed by atoms with van der Waals surface area (Å²) >= 11 is 1.22. The number of nitro groups is 1. The maximum atomic E-state index is 10.6. The number of rotatable bonds is 7. The third kappa shape index (κ3) is 4.58. The Morgan fingerprint density at radius 2 is 2.28 bits per heavy atom. The fraction of sp³-hybridized carbons (Fsp3) is 0.538. The van der Waals surface area contributed by atoms with Gasteiger partial charge < -0.3 is 5.32 Å². The molecule has 18 heavy (non-hydrogen) atoms. The van der Waals surface area contributed by atoms with Gasteiger partial charge in [-0.3, -0.25) is 10.1 Å². The van der Waals surface area contributed by atoms with E-state index in [1.807, 2.05) is 6.07 Å². The Balaban J connectivity index is 2.76. The number of hydrogen-bond acceptors (Lipinski definition) is 4. The van der Waals surface area contributed by atoms with Crippen LogP contribution in [0.4, 0.5) is 5.00 Å². The molecule has 0 aromatic carbocycles. The molecule has 1 aromatic rings. The van der Waals surface area contributed by atoms with Crippen molar-refractivity contribution in [2.24, 2.45) is 5.92 Å². The minimum absolute atomic E-state index is 0.200. The summed E-state index contributed by atoms with van der Waals surface area (Å²) in [4.78, 5) is 11.2. The second-order valence-corrected chi connectivity index (χ2v) is 5.58. The molecule has 0 aliphatic carbocycles. The summed E-state index contributed by atoms with van der Waals surface area (Å²) in [7, 11) is 0. The molecular formula is C13H20N2O2S. The molecule has 0 spiro atoms. The average molecular weight is 268 g/mol. The van der Waals surface area contributed by atoms with Gasteiger partial charge in [-0.15, -0.1) is 0 Å². The van der Waals surface area contributed by atoms with Gasteiger partial charge in [-0.2, -0.15) is 0 Å². The van der Waals surface area contributed by atoms with Gasteiger partial charge in [-0.1, -0.05) is 37.7 Å². The van der Waals surface area contributed by atoms with Gasteiger partial charge in [0.1, 0.15) is 0 Å². The van der Waals surface area contributed by atoms with Crippen LogP contribution in [0.2, 0.25) is 0 Å². The van der Waals surface area contributed by atoms with Gasteiger partial charge >= 0.3 is 5.00 Å². The lowest BCUT2D eigenvalue weighted by Gasteiger charge is -2.11. The van der Waals surface area contributed by atoms with Gasteiger partial charge in [0.15, 0.2) is 0 Å². The molecule has 1 N–H and O–H groups in total. The average Bonchev–Trinajstić information content (AvgIpc) is 2.76. The zero-order valence-corrected chi connectivity index (χ0v) is 11.9. The van der Waals surface area contributed by atoms with Crippen molar-refractivity contribution in [2.45, 2.75) is 27.2 Å². The molecule has 100 valence electrons. The lowest BCUT2D eigenvalue weighted by molar-refractivity contribution is -0.380. The highest BCUT2D eigenvalue weighted by molar-refractivity contribution is 7.16. The highest BCUT2D eigenvalue weighted by Crippen LogP contribution is 2.26. The lowest BCUT2D eigenvalue weighted by atomic mass is 10.0. The molecule has 0 saturated carbocycles. The number of nitrogens with zero attached hydrogens (tertiary/aromatic N) is 1. The SMILES string of the molecule is CCCNC/C(=C/c1ccc([N+](=O)[O-])s1)C(C)C. The molecule has 4 nitrogen and oxygen atoms in total. The van der Waals surface area contributed by atoms with Gasteiger partial charge in [-0.25, -0.2) is 0 Å². The predicted octanol–water partition coefficient (Wildman–Crippen LogP) is 3.70. The topological polar surface area (TPSA) is 55.2 Å². The van der Waals surface area contributed by atoms with Crippen LogP contribution in [0.1, 0.15) is 32.1 Å². The molecule has 0 bridgehead atoms. The van der Waals surface area contributed by atoms with Crippen LogP contribution in [-0.4, -0.2) is 18.0 Å². The highest BCUT2D eigenvalue weighted by Gasteiger charge is 2.10. The summed E-state index contributed by atoms with van der Waals surface area (Å²) in [5.41, 5.74) is 1.28. The van der Waals surface area contributed by atoms with Gasteiger partial charge in [0, 0.05) is 17.5 Å². The van der Waals surface area contributed by atoms with E-state index in [2.05, 4.69) is 32.2 Å². The summed E-state index contributed by atoms with van der Waals surface area (Å²) in [6.45, 7) is 8.25. The summed E-state index contributed by atoms with van der Waals surface area (Å²) in [5.74, 6) is 0.440. The summed E-state index contributed by atoms with van der Waals surface area (Å²) in [6, 6.07) is 3.37. The van der Waals surface area contributed by atoms with Crippen LogP contribution in [0.5, 0.6) is 0 Å². The van der Waals surface area contributed by atoms with Crippen molar-refractivity contribution in [1.82, 2.24) is 5.32 Å². The predicted molar refractivity (Wildman–Crippen MR) is 76.9 cm³/mol. The smallest absolute Gasteiger partial charge is 0.313 e. The van der Waals surface area contributed by atoms with E-state index in [1.165, 1.54) is 16.9 Å². The maximum absolute atomic E-state index is 10.6. The van der Waals surface area contributed by atoms with Gasteiger partial charge in [0.2, 0.25) is 0 Å². The third-order valence-corrected chi connectivity index (χ3v) is 3.60. The van der Waals surface area contributed by atoms with Gasteiger partial charge in [0.05, 0.1) is 4.92 Å². The quantitative estimate of drug-likeness (QED) is 0.466.